The van der Waals surface area contributed by atoms with E-state index in [0.29, 0.717) is 0 Å². The van der Waals surface area contributed by atoms with Crippen molar-refractivity contribution in [1.29, 1.82) is 0 Å². The highest BCUT2D eigenvalue weighted by Crippen LogP contribution is 2.32. The minimum atomic E-state index is -0.101. The lowest BCUT2D eigenvalue weighted by Gasteiger charge is -2.30. The maximum atomic E-state index is 5.63. The molecule has 0 saturated heterocycles. The number of unbranched alkanes of at least 4 members (excludes halogenated alkanes) is 2. The molecule has 30 heavy (non-hydrogen) atoms. The van der Waals surface area contributed by atoms with Gasteiger partial charge in [0.05, 0.1) is 23.0 Å². The molecule has 0 atom stereocenters. The van der Waals surface area contributed by atoms with Crippen LogP contribution in [0, 0.1) is 13.8 Å². The molecule has 1 aliphatic heterocycles. The van der Waals surface area contributed by atoms with Crippen molar-refractivity contribution in [2.24, 2.45) is 5.73 Å². The predicted octanol–water partition coefficient (Wildman–Crippen LogP) is -0.597. The van der Waals surface area contributed by atoms with Gasteiger partial charge in [0.25, 0.3) is 0 Å². The highest BCUT2D eigenvalue weighted by atomic mass is 15.3. The fourth-order valence-corrected chi connectivity index (χ4v) is 4.49. The van der Waals surface area contributed by atoms with Crippen molar-refractivity contribution in [1.82, 2.24) is 24.5 Å². The molecular formula is C20H32B3N7. The molecule has 0 saturated carbocycles. The normalized spacial score (nSPS) is 14.4. The van der Waals surface area contributed by atoms with Crippen molar-refractivity contribution in [2.75, 3.05) is 18.0 Å². The first-order valence-electron chi connectivity index (χ1n) is 11.2. The molecule has 0 unspecified atom stereocenters. The van der Waals surface area contributed by atoms with Gasteiger partial charge < -0.3 is 10.6 Å². The van der Waals surface area contributed by atoms with Gasteiger partial charge in [-0.1, -0.05) is 6.42 Å². The van der Waals surface area contributed by atoms with Gasteiger partial charge in [0.2, 0.25) is 0 Å². The Labute approximate surface area is 181 Å². The van der Waals surface area contributed by atoms with Crippen molar-refractivity contribution in [3.8, 4) is 0 Å². The molecule has 0 bridgehead atoms. The molecule has 3 aromatic rings. The monoisotopic (exact) mass is 403 g/mol. The number of aryl methyl sites for hydroxylation is 3. The number of aromatic nitrogens is 5. The number of nitrogens with two attached hydrogens (primary N) is 1. The van der Waals surface area contributed by atoms with E-state index >= 15 is 0 Å². The average Bonchev–Trinajstić information content (AvgIpc) is 3.25. The molecule has 1 aliphatic rings. The molecule has 0 aliphatic carbocycles. The number of fused-ring (bicyclic) bond motifs is 2. The Morgan fingerprint density at radius 3 is 2.70 bits per heavy atom. The van der Waals surface area contributed by atoms with Gasteiger partial charge in [0.15, 0.2) is 5.65 Å². The van der Waals surface area contributed by atoms with Gasteiger partial charge in [0.1, 0.15) is 23.5 Å². The summed E-state index contributed by atoms with van der Waals surface area (Å²) in [5, 5.41) is 10.6. The predicted molar refractivity (Wildman–Crippen MR) is 130 cm³/mol. The van der Waals surface area contributed by atoms with Gasteiger partial charge in [0, 0.05) is 43.0 Å². The van der Waals surface area contributed by atoms with Crippen LogP contribution in [0.5, 0.6) is 0 Å². The SMILES string of the molecule is BC(B)(B)n1ncc2c(N3CCc4c(c(C)nn4CCCCCN)C3)cc(C)nc21. The van der Waals surface area contributed by atoms with Crippen LogP contribution in [0.1, 0.15) is 41.9 Å². The summed E-state index contributed by atoms with van der Waals surface area (Å²) in [6.45, 7) is 7.86. The fourth-order valence-electron chi connectivity index (χ4n) is 4.49. The first-order valence-corrected chi connectivity index (χ1v) is 11.2. The zero-order chi connectivity index (χ0) is 21.5. The maximum absolute atomic E-state index is 5.63. The third-order valence-electron chi connectivity index (χ3n) is 6.03. The van der Waals surface area contributed by atoms with E-state index in [2.05, 4.69) is 58.1 Å². The summed E-state index contributed by atoms with van der Waals surface area (Å²) in [5.41, 5.74) is 12.8. The number of nitrogens with zero attached hydrogens (tertiary/aromatic N) is 6. The van der Waals surface area contributed by atoms with Crippen molar-refractivity contribution >= 4 is 40.3 Å². The van der Waals surface area contributed by atoms with Crippen LogP contribution in [0.4, 0.5) is 5.69 Å². The number of anilines is 1. The van der Waals surface area contributed by atoms with Crippen LogP contribution >= 0.6 is 0 Å². The summed E-state index contributed by atoms with van der Waals surface area (Å²) in [6, 6.07) is 2.20. The fraction of sp³-hybridized carbons (Fsp3) is 0.550. The highest BCUT2D eigenvalue weighted by molar-refractivity contribution is 6.56. The van der Waals surface area contributed by atoms with Crippen molar-refractivity contribution in [2.45, 2.75) is 57.9 Å². The Morgan fingerprint density at radius 2 is 1.97 bits per heavy atom. The van der Waals surface area contributed by atoms with E-state index in [1.807, 2.05) is 10.9 Å². The Bertz CT molecular complexity index is 1050. The first-order chi connectivity index (χ1) is 14.3. The number of hydrogen-bond donors (Lipinski definition) is 1. The van der Waals surface area contributed by atoms with Crippen LogP contribution in [-0.2, 0) is 24.7 Å². The van der Waals surface area contributed by atoms with Gasteiger partial charge in [-0.3, -0.25) is 9.36 Å². The van der Waals surface area contributed by atoms with Gasteiger partial charge in [-0.05, 0) is 44.5 Å². The zero-order valence-electron chi connectivity index (χ0n) is 19.1. The summed E-state index contributed by atoms with van der Waals surface area (Å²) in [4.78, 5) is 7.29. The van der Waals surface area contributed by atoms with E-state index in [4.69, 9.17) is 15.8 Å². The van der Waals surface area contributed by atoms with E-state index < -0.39 is 0 Å². The summed E-state index contributed by atoms with van der Waals surface area (Å²) in [5.74, 6) is 0. The molecule has 0 spiro atoms. The molecule has 2 N–H and O–H groups in total. The van der Waals surface area contributed by atoms with E-state index in [-0.39, 0.29) is 5.24 Å². The molecular weight excluding hydrogens is 371 g/mol. The van der Waals surface area contributed by atoms with Crippen LogP contribution in [0.25, 0.3) is 11.0 Å². The minimum Gasteiger partial charge on any atom is -0.366 e. The number of rotatable bonds is 7. The standard InChI is InChI=1S/C20H32B3N7/c1-13-10-18(15-11-25-30(19(15)26-13)20(21,22)23)28-9-6-17-16(12-28)14(2)27-29(17)8-5-3-4-7-24/h10-11H,3-9,12,21-24H2,1-2H3. The second-order valence-electron chi connectivity index (χ2n) is 9.50. The van der Waals surface area contributed by atoms with Crippen molar-refractivity contribution in [3.05, 3.63) is 34.9 Å². The summed E-state index contributed by atoms with van der Waals surface area (Å²) >= 11 is 0. The lowest BCUT2D eigenvalue weighted by atomic mass is 9.49. The van der Waals surface area contributed by atoms with Crippen LogP contribution in [-0.4, -0.2) is 61.2 Å². The first kappa shape index (κ1) is 21.0. The Kier molecular flexibility index (Phi) is 5.70. The maximum Gasteiger partial charge on any atom is 0.158 e. The Hall–Kier alpha value is -2.22. The Balaban J connectivity index is 1.63. The third-order valence-corrected chi connectivity index (χ3v) is 6.03. The second kappa shape index (κ2) is 8.14. The molecule has 4 heterocycles. The lowest BCUT2D eigenvalue weighted by Crippen LogP contribution is -2.36. The van der Waals surface area contributed by atoms with E-state index in [9.17, 15) is 0 Å². The highest BCUT2D eigenvalue weighted by Gasteiger charge is 2.26. The van der Waals surface area contributed by atoms with Crippen LogP contribution in [0.2, 0.25) is 0 Å². The molecule has 0 aromatic carbocycles. The van der Waals surface area contributed by atoms with Gasteiger partial charge >= 0.3 is 0 Å². The smallest absolute Gasteiger partial charge is 0.158 e. The quantitative estimate of drug-likeness (QED) is 0.422. The van der Waals surface area contributed by atoms with Crippen molar-refractivity contribution < 1.29 is 0 Å². The van der Waals surface area contributed by atoms with Gasteiger partial charge in [-0.15, -0.1) is 0 Å². The molecule has 0 amide bonds. The lowest BCUT2D eigenvalue weighted by molar-refractivity contribution is 0.520. The van der Waals surface area contributed by atoms with E-state index in [0.717, 1.165) is 67.9 Å². The number of pyridine rings is 1. The Morgan fingerprint density at radius 1 is 1.17 bits per heavy atom. The summed E-state index contributed by atoms with van der Waals surface area (Å²) in [7, 11) is 6.50. The minimum absolute atomic E-state index is 0.101. The van der Waals surface area contributed by atoms with Crippen LogP contribution < -0.4 is 10.6 Å². The van der Waals surface area contributed by atoms with Crippen molar-refractivity contribution in [3.63, 3.8) is 0 Å². The molecule has 10 heteroatoms. The molecule has 0 fully saturated rings. The molecule has 4 rings (SSSR count). The molecule has 3 aromatic heterocycles. The van der Waals surface area contributed by atoms with Gasteiger partial charge in [-0.25, -0.2) is 4.98 Å². The van der Waals surface area contributed by atoms with Gasteiger partial charge in [-0.2, -0.15) is 10.2 Å². The topological polar surface area (TPSA) is 77.8 Å². The second-order valence-corrected chi connectivity index (χ2v) is 9.50. The van der Waals surface area contributed by atoms with E-state index in [1.54, 1.807) is 0 Å². The summed E-state index contributed by atoms with van der Waals surface area (Å²) < 4.78 is 4.28. The third kappa shape index (κ3) is 3.89. The molecule has 7 nitrogen and oxygen atoms in total. The van der Waals surface area contributed by atoms with E-state index in [1.165, 1.54) is 23.4 Å². The summed E-state index contributed by atoms with van der Waals surface area (Å²) in [6.07, 6.45) is 6.40. The van der Waals surface area contributed by atoms with Crippen LogP contribution in [0.3, 0.4) is 0 Å². The largest absolute Gasteiger partial charge is 0.366 e. The average molecular weight is 403 g/mol. The van der Waals surface area contributed by atoms with Crippen LogP contribution in [0.15, 0.2) is 12.3 Å². The zero-order valence-corrected chi connectivity index (χ0v) is 19.1. The molecule has 0 radical (unpaired) electrons. The molecule has 156 valence electrons. The number of hydrogen-bond acceptors (Lipinski definition) is 5.